The van der Waals surface area contributed by atoms with Crippen LogP contribution in [0.25, 0.3) is 0 Å². The Balaban J connectivity index is 1.70. The lowest BCUT2D eigenvalue weighted by atomic mass is 10.2. The van der Waals surface area contributed by atoms with Crippen molar-refractivity contribution in [2.24, 2.45) is 0 Å². The lowest BCUT2D eigenvalue weighted by Crippen LogP contribution is -2.33. The minimum atomic E-state index is -4.43. The summed E-state index contributed by atoms with van der Waals surface area (Å²) in [5.41, 5.74) is 1.84. The third-order valence-corrected chi connectivity index (χ3v) is 3.26. The van der Waals surface area contributed by atoms with E-state index in [1.165, 1.54) is 4.90 Å². The fraction of sp³-hybridized carbons (Fsp3) is 0.467. The highest BCUT2D eigenvalue weighted by molar-refractivity contribution is 5.97. The first kappa shape index (κ1) is 17.3. The standard InChI is InChI=1S/C15H16F3NO4/c16-15(17,18)10-22-8-6-14(21)23-9-13(20)19-7-5-11-3-1-2-4-12(11)19/h1-4H,5-10H2. The molecule has 23 heavy (non-hydrogen) atoms. The number of para-hydroxylation sites is 1. The van der Waals surface area contributed by atoms with Crippen molar-refractivity contribution < 1.29 is 32.2 Å². The van der Waals surface area contributed by atoms with Gasteiger partial charge in [-0.3, -0.25) is 9.59 Å². The summed E-state index contributed by atoms with van der Waals surface area (Å²) in [4.78, 5) is 25.0. The van der Waals surface area contributed by atoms with Gasteiger partial charge in [-0.25, -0.2) is 0 Å². The van der Waals surface area contributed by atoms with E-state index >= 15 is 0 Å². The highest BCUT2D eigenvalue weighted by Crippen LogP contribution is 2.27. The molecule has 0 saturated carbocycles. The number of carbonyl (C=O) groups excluding carboxylic acids is 2. The van der Waals surface area contributed by atoms with Crippen LogP contribution in [0.4, 0.5) is 18.9 Å². The Hall–Kier alpha value is -2.09. The molecule has 1 aromatic rings. The van der Waals surface area contributed by atoms with Gasteiger partial charge in [0.2, 0.25) is 0 Å². The van der Waals surface area contributed by atoms with Crippen molar-refractivity contribution in [3.8, 4) is 0 Å². The van der Waals surface area contributed by atoms with E-state index in [0.29, 0.717) is 6.54 Å². The van der Waals surface area contributed by atoms with Crippen LogP contribution in [0, 0.1) is 0 Å². The average Bonchev–Trinajstić information content (AvgIpc) is 2.92. The van der Waals surface area contributed by atoms with Gasteiger partial charge in [0.05, 0.1) is 13.0 Å². The Bertz CT molecular complexity index is 574. The quantitative estimate of drug-likeness (QED) is 0.592. The molecule has 1 aromatic carbocycles. The molecule has 0 aromatic heterocycles. The lowest BCUT2D eigenvalue weighted by molar-refractivity contribution is -0.176. The Kier molecular flexibility index (Phi) is 5.59. The third kappa shape index (κ3) is 5.24. The van der Waals surface area contributed by atoms with Crippen LogP contribution >= 0.6 is 0 Å². The number of halogens is 3. The van der Waals surface area contributed by atoms with Crippen LogP contribution in [0.1, 0.15) is 12.0 Å². The molecule has 0 N–H and O–H groups in total. The number of hydrogen-bond acceptors (Lipinski definition) is 4. The van der Waals surface area contributed by atoms with E-state index in [-0.39, 0.29) is 12.3 Å². The smallest absolute Gasteiger partial charge is 0.411 e. The molecule has 126 valence electrons. The van der Waals surface area contributed by atoms with Crippen molar-refractivity contribution in [2.45, 2.75) is 19.0 Å². The number of fused-ring (bicyclic) bond motifs is 1. The van der Waals surface area contributed by atoms with Crippen molar-refractivity contribution >= 4 is 17.6 Å². The molecular weight excluding hydrogens is 315 g/mol. The molecule has 0 unspecified atom stereocenters. The van der Waals surface area contributed by atoms with E-state index in [1.54, 1.807) is 0 Å². The summed E-state index contributed by atoms with van der Waals surface area (Å²) in [6.07, 6.45) is -4.02. The number of carbonyl (C=O) groups is 2. The van der Waals surface area contributed by atoms with Gasteiger partial charge >= 0.3 is 12.1 Å². The minimum absolute atomic E-state index is 0.333. The van der Waals surface area contributed by atoms with Crippen LogP contribution in [-0.2, 0) is 25.5 Å². The van der Waals surface area contributed by atoms with Gasteiger partial charge in [0.25, 0.3) is 5.91 Å². The molecule has 1 aliphatic heterocycles. The van der Waals surface area contributed by atoms with Crippen molar-refractivity contribution in [2.75, 3.05) is 31.3 Å². The highest BCUT2D eigenvalue weighted by Gasteiger charge is 2.27. The highest BCUT2D eigenvalue weighted by atomic mass is 19.4. The summed E-state index contributed by atoms with van der Waals surface area (Å²) in [5.74, 6) is -1.13. The van der Waals surface area contributed by atoms with E-state index in [4.69, 9.17) is 4.74 Å². The van der Waals surface area contributed by atoms with Gasteiger partial charge in [0.15, 0.2) is 6.61 Å². The first-order chi connectivity index (χ1) is 10.9. The zero-order chi connectivity index (χ0) is 16.9. The third-order valence-electron chi connectivity index (χ3n) is 3.26. The van der Waals surface area contributed by atoms with Crippen molar-refractivity contribution in [3.05, 3.63) is 29.8 Å². The molecule has 0 atom stereocenters. The number of alkyl halides is 3. The summed E-state index contributed by atoms with van der Waals surface area (Å²) < 4.78 is 44.6. The van der Waals surface area contributed by atoms with Crippen LogP contribution in [-0.4, -0.2) is 44.4 Å². The monoisotopic (exact) mass is 331 g/mol. The molecule has 1 aliphatic rings. The van der Waals surface area contributed by atoms with Crippen LogP contribution in [0.15, 0.2) is 24.3 Å². The zero-order valence-corrected chi connectivity index (χ0v) is 12.3. The van der Waals surface area contributed by atoms with E-state index < -0.39 is 32.0 Å². The Morgan fingerprint density at radius 3 is 2.70 bits per heavy atom. The number of rotatable bonds is 6. The molecule has 5 nitrogen and oxygen atoms in total. The number of ether oxygens (including phenoxy) is 2. The second-order valence-corrected chi connectivity index (χ2v) is 5.00. The van der Waals surface area contributed by atoms with Gasteiger partial charge in [0.1, 0.15) is 6.61 Å². The normalized spacial score (nSPS) is 13.8. The van der Waals surface area contributed by atoms with E-state index in [0.717, 1.165) is 17.7 Å². The predicted molar refractivity (Wildman–Crippen MR) is 74.9 cm³/mol. The maximum Gasteiger partial charge on any atom is 0.411 e. The van der Waals surface area contributed by atoms with E-state index in [2.05, 4.69) is 4.74 Å². The lowest BCUT2D eigenvalue weighted by Gasteiger charge is -2.17. The second-order valence-electron chi connectivity index (χ2n) is 5.00. The Morgan fingerprint density at radius 2 is 1.96 bits per heavy atom. The van der Waals surface area contributed by atoms with Crippen LogP contribution in [0.5, 0.6) is 0 Å². The Labute approximate surface area is 131 Å². The number of benzene rings is 1. The van der Waals surface area contributed by atoms with Crippen LogP contribution in [0.2, 0.25) is 0 Å². The summed E-state index contributed by atoms with van der Waals surface area (Å²) in [6, 6.07) is 7.43. The molecule has 0 radical (unpaired) electrons. The molecule has 0 fully saturated rings. The van der Waals surface area contributed by atoms with Crippen LogP contribution in [0.3, 0.4) is 0 Å². The van der Waals surface area contributed by atoms with Gasteiger partial charge in [-0.2, -0.15) is 13.2 Å². The largest absolute Gasteiger partial charge is 0.455 e. The number of hydrogen-bond donors (Lipinski definition) is 0. The van der Waals surface area contributed by atoms with E-state index in [1.807, 2.05) is 24.3 Å². The van der Waals surface area contributed by atoms with E-state index in [9.17, 15) is 22.8 Å². The van der Waals surface area contributed by atoms with Crippen LogP contribution < -0.4 is 4.90 Å². The van der Waals surface area contributed by atoms with Gasteiger partial charge in [-0.1, -0.05) is 18.2 Å². The number of esters is 1. The second kappa shape index (κ2) is 7.45. The topological polar surface area (TPSA) is 55.8 Å². The van der Waals surface area contributed by atoms with Gasteiger partial charge in [-0.15, -0.1) is 0 Å². The zero-order valence-electron chi connectivity index (χ0n) is 12.3. The maximum absolute atomic E-state index is 12.0. The van der Waals surface area contributed by atoms with Gasteiger partial charge in [0, 0.05) is 12.2 Å². The summed E-state index contributed by atoms with van der Waals surface area (Å²) >= 11 is 0. The Morgan fingerprint density at radius 1 is 1.22 bits per heavy atom. The van der Waals surface area contributed by atoms with Gasteiger partial charge in [-0.05, 0) is 18.1 Å². The molecule has 1 amide bonds. The molecule has 0 spiro atoms. The van der Waals surface area contributed by atoms with Crippen molar-refractivity contribution in [1.29, 1.82) is 0 Å². The summed E-state index contributed by atoms with van der Waals surface area (Å²) in [6.45, 7) is -1.74. The molecule has 0 bridgehead atoms. The number of amides is 1. The first-order valence-corrected chi connectivity index (χ1v) is 7.05. The van der Waals surface area contributed by atoms with Crippen molar-refractivity contribution in [1.82, 2.24) is 0 Å². The minimum Gasteiger partial charge on any atom is -0.455 e. The fourth-order valence-corrected chi connectivity index (χ4v) is 2.23. The average molecular weight is 331 g/mol. The maximum atomic E-state index is 12.0. The first-order valence-electron chi connectivity index (χ1n) is 7.05. The molecular formula is C15H16F3NO4. The molecule has 0 aliphatic carbocycles. The van der Waals surface area contributed by atoms with Crippen molar-refractivity contribution in [3.63, 3.8) is 0 Å². The van der Waals surface area contributed by atoms with Gasteiger partial charge < -0.3 is 14.4 Å². The molecule has 8 heteroatoms. The molecule has 0 saturated heterocycles. The fourth-order valence-electron chi connectivity index (χ4n) is 2.23. The molecule has 2 rings (SSSR count). The predicted octanol–water partition coefficient (Wildman–Crippen LogP) is 2.09. The summed E-state index contributed by atoms with van der Waals surface area (Å²) in [5, 5.41) is 0. The number of nitrogens with zero attached hydrogens (tertiary/aromatic N) is 1. The molecule has 1 heterocycles. The number of anilines is 1. The summed E-state index contributed by atoms with van der Waals surface area (Å²) in [7, 11) is 0. The SMILES string of the molecule is O=C(CCOCC(F)(F)F)OCC(=O)N1CCc2ccccc21.